The molecule has 8 heteroatoms. The number of aryl methyl sites for hydroxylation is 1. The van der Waals surface area contributed by atoms with Gasteiger partial charge in [0.1, 0.15) is 22.7 Å². The van der Waals surface area contributed by atoms with Crippen LogP contribution in [0, 0.1) is 13.8 Å². The Balaban J connectivity index is 1.53. The minimum absolute atomic E-state index is 0.237. The van der Waals surface area contributed by atoms with E-state index in [0.717, 1.165) is 38.7 Å². The number of amides is 2. The molecule has 0 bridgehead atoms. The fourth-order valence-electron chi connectivity index (χ4n) is 4.60. The lowest BCUT2D eigenvalue weighted by atomic mass is 9.92. The van der Waals surface area contributed by atoms with Crippen molar-refractivity contribution in [3.63, 3.8) is 0 Å². The zero-order valence-electron chi connectivity index (χ0n) is 20.7. The van der Waals surface area contributed by atoms with E-state index in [9.17, 15) is 9.59 Å². The SMILES string of the molecule is COc1ccc(CNC(=O)[C@]2(C)Cn3nc(-c4cccs4)cc3C(=O)N2c2cccc(C)c2C)cc1. The summed E-state index contributed by atoms with van der Waals surface area (Å²) in [5.74, 6) is 0.266. The number of thiophene rings is 1. The van der Waals surface area contributed by atoms with Crippen LogP contribution in [0.4, 0.5) is 5.69 Å². The van der Waals surface area contributed by atoms with E-state index in [2.05, 4.69) is 5.32 Å². The average Bonchev–Trinajstić information content (AvgIpc) is 3.55. The molecule has 0 aliphatic carbocycles. The Bertz CT molecular complexity index is 1430. The summed E-state index contributed by atoms with van der Waals surface area (Å²) in [5, 5.41) is 9.75. The maximum Gasteiger partial charge on any atom is 0.277 e. The average molecular weight is 501 g/mol. The summed E-state index contributed by atoms with van der Waals surface area (Å²) in [6.45, 7) is 6.37. The number of fused-ring (bicyclic) bond motifs is 1. The van der Waals surface area contributed by atoms with Gasteiger partial charge in [-0.25, -0.2) is 0 Å². The number of carbonyl (C=O) groups is 2. The van der Waals surface area contributed by atoms with E-state index in [4.69, 9.17) is 9.84 Å². The minimum atomic E-state index is -1.19. The molecule has 0 fully saturated rings. The number of nitrogens with zero attached hydrogens (tertiary/aromatic N) is 3. The van der Waals surface area contributed by atoms with Crippen LogP contribution < -0.4 is 15.0 Å². The summed E-state index contributed by atoms with van der Waals surface area (Å²) in [4.78, 5) is 30.4. The van der Waals surface area contributed by atoms with Crippen LogP contribution in [0.25, 0.3) is 10.6 Å². The number of methoxy groups -OCH3 is 1. The van der Waals surface area contributed by atoms with Gasteiger partial charge < -0.3 is 10.1 Å². The quantitative estimate of drug-likeness (QED) is 0.405. The highest BCUT2D eigenvalue weighted by Gasteiger charge is 2.49. The molecule has 5 rings (SSSR count). The number of ether oxygens (including phenoxy) is 1. The highest BCUT2D eigenvalue weighted by molar-refractivity contribution is 7.13. The molecule has 0 saturated heterocycles. The van der Waals surface area contributed by atoms with Gasteiger partial charge in [0, 0.05) is 12.2 Å². The first-order valence-electron chi connectivity index (χ1n) is 11.8. The van der Waals surface area contributed by atoms with E-state index in [-0.39, 0.29) is 18.4 Å². The van der Waals surface area contributed by atoms with Crippen LogP contribution in [-0.4, -0.2) is 34.2 Å². The molecule has 1 atom stereocenters. The van der Waals surface area contributed by atoms with Crippen molar-refractivity contribution >= 4 is 28.8 Å². The van der Waals surface area contributed by atoms with Crippen LogP contribution in [0.1, 0.15) is 34.1 Å². The van der Waals surface area contributed by atoms with Gasteiger partial charge in [0.05, 0.1) is 18.5 Å². The van der Waals surface area contributed by atoms with E-state index in [0.29, 0.717) is 12.2 Å². The molecule has 7 nitrogen and oxygen atoms in total. The number of benzene rings is 2. The van der Waals surface area contributed by atoms with Crippen molar-refractivity contribution in [1.29, 1.82) is 0 Å². The summed E-state index contributed by atoms with van der Waals surface area (Å²) in [5.41, 5.74) is 3.71. The molecule has 1 aliphatic rings. The topological polar surface area (TPSA) is 76.5 Å². The molecule has 0 unspecified atom stereocenters. The summed E-state index contributed by atoms with van der Waals surface area (Å²) in [7, 11) is 1.62. The number of hydrogen-bond donors (Lipinski definition) is 1. The van der Waals surface area contributed by atoms with Crippen molar-refractivity contribution in [3.8, 4) is 16.3 Å². The molecule has 1 aliphatic heterocycles. The van der Waals surface area contributed by atoms with Gasteiger partial charge >= 0.3 is 0 Å². The van der Waals surface area contributed by atoms with Crippen molar-refractivity contribution in [1.82, 2.24) is 15.1 Å². The number of nitrogens with one attached hydrogen (secondary N) is 1. The van der Waals surface area contributed by atoms with Crippen LogP contribution in [0.15, 0.2) is 66.0 Å². The van der Waals surface area contributed by atoms with E-state index >= 15 is 0 Å². The van der Waals surface area contributed by atoms with Crippen molar-refractivity contribution in [2.75, 3.05) is 12.0 Å². The van der Waals surface area contributed by atoms with Gasteiger partial charge in [-0.1, -0.05) is 30.3 Å². The third kappa shape index (κ3) is 4.07. The van der Waals surface area contributed by atoms with Crippen molar-refractivity contribution in [3.05, 3.63) is 88.4 Å². The number of rotatable bonds is 6. The Morgan fingerprint density at radius 3 is 2.61 bits per heavy atom. The van der Waals surface area contributed by atoms with Gasteiger partial charge in [0.25, 0.3) is 5.91 Å². The molecule has 2 aromatic heterocycles. The van der Waals surface area contributed by atoms with Crippen LogP contribution in [0.2, 0.25) is 0 Å². The maximum absolute atomic E-state index is 14.0. The fourth-order valence-corrected chi connectivity index (χ4v) is 5.28. The van der Waals surface area contributed by atoms with Crippen molar-refractivity contribution in [2.45, 2.75) is 39.4 Å². The van der Waals surface area contributed by atoms with E-state index in [1.165, 1.54) is 0 Å². The second-order valence-electron chi connectivity index (χ2n) is 9.21. The number of anilines is 1. The zero-order chi connectivity index (χ0) is 25.4. The molecule has 2 aromatic carbocycles. The predicted octanol–water partition coefficient (Wildman–Crippen LogP) is 4.97. The molecule has 4 aromatic rings. The Morgan fingerprint density at radius 2 is 1.92 bits per heavy atom. The van der Waals surface area contributed by atoms with Gasteiger partial charge in [-0.05, 0) is 73.2 Å². The molecule has 2 amide bonds. The number of aromatic nitrogens is 2. The lowest BCUT2D eigenvalue weighted by Gasteiger charge is -2.43. The van der Waals surface area contributed by atoms with Crippen LogP contribution in [-0.2, 0) is 17.9 Å². The highest BCUT2D eigenvalue weighted by atomic mass is 32.1. The second kappa shape index (κ2) is 9.28. The molecule has 0 saturated carbocycles. The van der Waals surface area contributed by atoms with E-state index in [1.807, 2.05) is 86.8 Å². The summed E-state index contributed by atoms with van der Waals surface area (Å²) < 4.78 is 6.90. The monoisotopic (exact) mass is 500 g/mol. The van der Waals surface area contributed by atoms with Gasteiger partial charge in [-0.15, -0.1) is 11.3 Å². The lowest BCUT2D eigenvalue weighted by molar-refractivity contribution is -0.126. The standard InChI is InChI=1S/C28H28N4O3S/c1-18-7-5-8-23(19(18)2)32-26(33)24-15-22(25-9-6-14-36-25)30-31(24)17-28(32,3)27(34)29-16-20-10-12-21(35-4)13-11-20/h5-15H,16-17H2,1-4H3,(H,29,34)/t28-/m0/s1. The van der Waals surface area contributed by atoms with Gasteiger partial charge in [-0.2, -0.15) is 5.10 Å². The lowest BCUT2D eigenvalue weighted by Crippen LogP contribution is -2.64. The van der Waals surface area contributed by atoms with Gasteiger partial charge in [0.15, 0.2) is 0 Å². The molecule has 36 heavy (non-hydrogen) atoms. The normalized spacial score (nSPS) is 17.1. The van der Waals surface area contributed by atoms with Crippen molar-refractivity contribution in [2.24, 2.45) is 0 Å². The van der Waals surface area contributed by atoms with Crippen LogP contribution in [0.5, 0.6) is 5.75 Å². The molecular weight excluding hydrogens is 472 g/mol. The summed E-state index contributed by atoms with van der Waals surface area (Å²) >= 11 is 1.57. The summed E-state index contributed by atoms with van der Waals surface area (Å²) in [6.07, 6.45) is 0. The predicted molar refractivity (Wildman–Crippen MR) is 142 cm³/mol. The van der Waals surface area contributed by atoms with Gasteiger partial charge in [-0.3, -0.25) is 19.2 Å². The molecule has 0 radical (unpaired) electrons. The third-order valence-corrected chi connectivity index (χ3v) is 7.74. The second-order valence-corrected chi connectivity index (χ2v) is 10.2. The maximum atomic E-state index is 14.0. The Hall–Kier alpha value is -3.91. The molecule has 0 spiro atoms. The molecule has 184 valence electrons. The number of hydrogen-bond acceptors (Lipinski definition) is 5. The molecule has 3 heterocycles. The summed E-state index contributed by atoms with van der Waals surface area (Å²) in [6, 6.07) is 19.1. The minimum Gasteiger partial charge on any atom is -0.497 e. The van der Waals surface area contributed by atoms with Crippen LogP contribution >= 0.6 is 11.3 Å². The third-order valence-electron chi connectivity index (χ3n) is 6.85. The smallest absolute Gasteiger partial charge is 0.277 e. The largest absolute Gasteiger partial charge is 0.497 e. The highest BCUT2D eigenvalue weighted by Crippen LogP contribution is 2.37. The molecule has 1 N–H and O–H groups in total. The van der Waals surface area contributed by atoms with Crippen LogP contribution in [0.3, 0.4) is 0 Å². The van der Waals surface area contributed by atoms with E-state index < -0.39 is 5.54 Å². The molecular formula is C28H28N4O3S. The van der Waals surface area contributed by atoms with E-state index in [1.54, 1.807) is 28.0 Å². The van der Waals surface area contributed by atoms with Crippen molar-refractivity contribution < 1.29 is 14.3 Å². The first kappa shape index (κ1) is 23.8. The first-order valence-corrected chi connectivity index (χ1v) is 12.6. The fraction of sp³-hybridized carbons (Fsp3) is 0.250. The Morgan fingerprint density at radius 1 is 1.14 bits per heavy atom. The Labute approximate surface area is 214 Å². The first-order chi connectivity index (χ1) is 17.3. The Kier molecular flexibility index (Phi) is 6.14. The van der Waals surface area contributed by atoms with Gasteiger partial charge in [0.2, 0.25) is 5.91 Å². The zero-order valence-corrected chi connectivity index (χ0v) is 21.6. The number of carbonyl (C=O) groups excluding carboxylic acids is 2.